The lowest BCUT2D eigenvalue weighted by Gasteiger charge is -2.19. The first-order chi connectivity index (χ1) is 10.5. The highest BCUT2D eigenvalue weighted by atomic mass is 32.2. The summed E-state index contributed by atoms with van der Waals surface area (Å²) in [5.41, 5.74) is 3.83. The van der Waals surface area contributed by atoms with Crippen molar-refractivity contribution in [2.75, 3.05) is 5.75 Å². The molecule has 0 radical (unpaired) electrons. The molecule has 1 amide bonds. The molecule has 116 valence electrons. The van der Waals surface area contributed by atoms with Gasteiger partial charge in [0.2, 0.25) is 11.1 Å². The van der Waals surface area contributed by atoms with Crippen molar-refractivity contribution in [3.63, 3.8) is 0 Å². The largest absolute Gasteiger partial charge is 0.348 e. The fourth-order valence-corrected chi connectivity index (χ4v) is 3.53. The zero-order chi connectivity index (χ0) is 15.7. The minimum Gasteiger partial charge on any atom is -0.348 e. The van der Waals surface area contributed by atoms with Gasteiger partial charge in [0.05, 0.1) is 11.8 Å². The number of hydrogen-bond acceptors (Lipinski definition) is 5. The molecule has 1 N–H and O–H groups in total. The van der Waals surface area contributed by atoms with E-state index in [-0.39, 0.29) is 11.9 Å². The van der Waals surface area contributed by atoms with Gasteiger partial charge in [-0.2, -0.15) is 0 Å². The Bertz CT molecular complexity index is 699. The van der Waals surface area contributed by atoms with E-state index in [1.165, 1.54) is 28.5 Å². The van der Waals surface area contributed by atoms with E-state index < -0.39 is 0 Å². The zero-order valence-electron chi connectivity index (χ0n) is 12.9. The number of amides is 1. The Morgan fingerprint density at radius 2 is 2.32 bits per heavy atom. The first kappa shape index (κ1) is 15.0. The molecule has 1 aromatic carbocycles. The molecule has 0 fully saturated rings. The predicted molar refractivity (Wildman–Crippen MR) is 84.5 cm³/mol. The lowest BCUT2D eigenvalue weighted by Crippen LogP contribution is -2.31. The molecule has 2 atom stereocenters. The lowest BCUT2D eigenvalue weighted by molar-refractivity contribution is -0.119. The quantitative estimate of drug-likeness (QED) is 0.868. The number of thioether (sulfide) groups is 1. The van der Waals surface area contributed by atoms with Gasteiger partial charge in [-0.3, -0.25) is 4.79 Å². The van der Waals surface area contributed by atoms with Crippen molar-refractivity contribution in [1.29, 1.82) is 0 Å². The van der Waals surface area contributed by atoms with Crippen molar-refractivity contribution < 1.29 is 4.79 Å². The van der Waals surface area contributed by atoms with Crippen LogP contribution in [0, 0.1) is 12.8 Å². The molecule has 22 heavy (non-hydrogen) atoms. The van der Waals surface area contributed by atoms with Crippen LogP contribution in [0.3, 0.4) is 0 Å². The maximum absolute atomic E-state index is 12.2. The molecule has 0 bridgehead atoms. The van der Waals surface area contributed by atoms with E-state index in [1.54, 1.807) is 11.7 Å². The minimum atomic E-state index is 0.0132. The van der Waals surface area contributed by atoms with Crippen molar-refractivity contribution >= 4 is 17.7 Å². The maximum atomic E-state index is 12.2. The van der Waals surface area contributed by atoms with Crippen molar-refractivity contribution in [2.24, 2.45) is 13.0 Å². The molecule has 3 rings (SSSR count). The number of carbonyl (C=O) groups is 1. The topological polar surface area (TPSA) is 72.7 Å². The molecule has 0 spiro atoms. The molecular formula is C15H19N5OS. The van der Waals surface area contributed by atoms with Crippen LogP contribution in [0.5, 0.6) is 0 Å². The summed E-state index contributed by atoms with van der Waals surface area (Å²) in [6, 6.07) is 6.59. The van der Waals surface area contributed by atoms with E-state index in [1.807, 2.05) is 0 Å². The van der Waals surface area contributed by atoms with Gasteiger partial charge in [-0.25, -0.2) is 4.68 Å². The van der Waals surface area contributed by atoms with Gasteiger partial charge in [-0.1, -0.05) is 42.4 Å². The third-order valence-corrected chi connectivity index (χ3v) is 4.99. The molecule has 7 heteroatoms. The molecule has 1 aliphatic carbocycles. The number of hydrogen-bond donors (Lipinski definition) is 1. The first-order valence-corrected chi connectivity index (χ1v) is 8.27. The molecule has 0 aliphatic heterocycles. The number of carbonyl (C=O) groups excluding carboxylic acids is 1. The minimum absolute atomic E-state index is 0.0132. The number of tetrazole rings is 1. The number of aryl methyl sites for hydroxylation is 2. The number of fused-ring (bicyclic) bond motifs is 1. The van der Waals surface area contributed by atoms with Crippen LogP contribution in [-0.4, -0.2) is 31.9 Å². The van der Waals surface area contributed by atoms with Gasteiger partial charge >= 0.3 is 0 Å². The lowest BCUT2D eigenvalue weighted by atomic mass is 10.0. The highest BCUT2D eigenvalue weighted by molar-refractivity contribution is 7.99. The summed E-state index contributed by atoms with van der Waals surface area (Å²) in [5.74, 6) is 0.750. The Morgan fingerprint density at radius 3 is 3.05 bits per heavy atom. The fraction of sp³-hybridized carbons (Fsp3) is 0.467. The van der Waals surface area contributed by atoms with Gasteiger partial charge in [0, 0.05) is 7.05 Å². The summed E-state index contributed by atoms with van der Waals surface area (Å²) in [6.45, 7) is 4.26. The molecule has 1 heterocycles. The van der Waals surface area contributed by atoms with Gasteiger partial charge in [0.1, 0.15) is 0 Å². The Kier molecular flexibility index (Phi) is 4.15. The van der Waals surface area contributed by atoms with Crippen molar-refractivity contribution in [3.05, 3.63) is 34.9 Å². The Balaban J connectivity index is 1.65. The average Bonchev–Trinajstić information content (AvgIpc) is 3.01. The number of nitrogens with one attached hydrogen (secondary N) is 1. The van der Waals surface area contributed by atoms with E-state index in [2.05, 4.69) is 52.9 Å². The SMILES string of the molecule is Cc1ccc2c(c1)[C@@H](NC(=O)CSc1nnnn1C)[C@@H](C)C2. The van der Waals surface area contributed by atoms with E-state index in [0.717, 1.165) is 6.42 Å². The first-order valence-electron chi connectivity index (χ1n) is 7.28. The van der Waals surface area contributed by atoms with Crippen LogP contribution < -0.4 is 5.32 Å². The second kappa shape index (κ2) is 6.08. The van der Waals surface area contributed by atoms with Gasteiger partial charge < -0.3 is 5.32 Å². The molecule has 1 aromatic heterocycles. The van der Waals surface area contributed by atoms with Crippen molar-refractivity contribution in [2.45, 2.75) is 31.5 Å². The Hall–Kier alpha value is -1.89. The van der Waals surface area contributed by atoms with Crippen molar-refractivity contribution in [1.82, 2.24) is 25.5 Å². The number of benzene rings is 1. The predicted octanol–water partition coefficient (Wildman–Crippen LogP) is 1.66. The van der Waals surface area contributed by atoms with Crippen LogP contribution in [0.15, 0.2) is 23.4 Å². The Morgan fingerprint density at radius 1 is 1.50 bits per heavy atom. The van der Waals surface area contributed by atoms with Crippen LogP contribution in [-0.2, 0) is 18.3 Å². The monoisotopic (exact) mass is 317 g/mol. The smallest absolute Gasteiger partial charge is 0.230 e. The van der Waals surface area contributed by atoms with Crippen LogP contribution in [0.25, 0.3) is 0 Å². The molecule has 2 aromatic rings. The van der Waals surface area contributed by atoms with E-state index >= 15 is 0 Å². The second-order valence-electron chi connectivity index (χ2n) is 5.80. The molecule has 1 aliphatic rings. The summed E-state index contributed by atoms with van der Waals surface area (Å²) >= 11 is 1.35. The van der Waals surface area contributed by atoms with Gasteiger partial charge in [-0.15, -0.1) is 5.10 Å². The molecule has 0 saturated heterocycles. The summed E-state index contributed by atoms with van der Waals surface area (Å²) in [4.78, 5) is 12.2. The number of aromatic nitrogens is 4. The summed E-state index contributed by atoms with van der Waals surface area (Å²) in [6.07, 6.45) is 1.01. The summed E-state index contributed by atoms with van der Waals surface area (Å²) < 4.78 is 1.56. The standard InChI is InChI=1S/C15H19N5OS/c1-9-4-5-11-7-10(2)14(12(11)6-9)16-13(21)8-22-15-17-18-19-20(15)3/h4-6,10,14H,7-8H2,1-3H3,(H,16,21)/t10-,14-/m0/s1. The van der Waals surface area contributed by atoms with Gasteiger partial charge in [-0.05, 0) is 40.8 Å². The van der Waals surface area contributed by atoms with Gasteiger partial charge in [0.15, 0.2) is 0 Å². The average molecular weight is 317 g/mol. The van der Waals surface area contributed by atoms with E-state index in [4.69, 9.17) is 0 Å². The summed E-state index contributed by atoms with van der Waals surface area (Å²) in [5, 5.41) is 15.0. The normalized spacial score (nSPS) is 20.0. The highest BCUT2D eigenvalue weighted by Gasteiger charge is 2.30. The number of nitrogens with zero attached hydrogens (tertiary/aromatic N) is 4. The third-order valence-electron chi connectivity index (χ3n) is 3.98. The van der Waals surface area contributed by atoms with Gasteiger partial charge in [0.25, 0.3) is 0 Å². The fourth-order valence-electron chi connectivity index (χ4n) is 2.87. The van der Waals surface area contributed by atoms with E-state index in [0.29, 0.717) is 16.8 Å². The third kappa shape index (κ3) is 2.99. The second-order valence-corrected chi connectivity index (χ2v) is 6.75. The summed E-state index contributed by atoms with van der Waals surface area (Å²) in [7, 11) is 1.76. The molecule has 0 unspecified atom stereocenters. The Labute approximate surface area is 133 Å². The molecule has 0 saturated carbocycles. The zero-order valence-corrected chi connectivity index (χ0v) is 13.7. The van der Waals surface area contributed by atoms with Crippen LogP contribution in [0.2, 0.25) is 0 Å². The van der Waals surface area contributed by atoms with Crippen LogP contribution >= 0.6 is 11.8 Å². The molecule has 6 nitrogen and oxygen atoms in total. The number of rotatable bonds is 4. The van der Waals surface area contributed by atoms with Crippen LogP contribution in [0.1, 0.15) is 29.7 Å². The van der Waals surface area contributed by atoms with Crippen LogP contribution in [0.4, 0.5) is 0 Å². The highest BCUT2D eigenvalue weighted by Crippen LogP contribution is 2.36. The molecular weight excluding hydrogens is 298 g/mol. The maximum Gasteiger partial charge on any atom is 0.230 e. The van der Waals surface area contributed by atoms with Crippen molar-refractivity contribution in [3.8, 4) is 0 Å². The van der Waals surface area contributed by atoms with E-state index in [9.17, 15) is 4.79 Å².